The molecule has 1 atom stereocenters. The van der Waals surface area contributed by atoms with Crippen molar-refractivity contribution in [1.29, 1.82) is 0 Å². The van der Waals surface area contributed by atoms with Crippen molar-refractivity contribution in [2.45, 2.75) is 38.3 Å². The minimum Gasteiger partial charge on any atom is -0.382 e. The molecule has 0 spiro atoms. The van der Waals surface area contributed by atoms with Crippen molar-refractivity contribution in [1.82, 2.24) is 9.69 Å². The highest BCUT2D eigenvalue weighted by Gasteiger charge is 2.27. The fraction of sp³-hybridized carbons (Fsp3) is 0.500. The van der Waals surface area contributed by atoms with Gasteiger partial charge in [-0.1, -0.05) is 6.08 Å². The summed E-state index contributed by atoms with van der Waals surface area (Å²) in [5.74, 6) is 0.170. The summed E-state index contributed by atoms with van der Waals surface area (Å²) in [4.78, 5) is 12.1. The minimum atomic E-state index is -0.128. The standard InChI is InChI=1S/C12H18N4OS/c1-3-4-7(2)14-12-9(10(13)16-18-12)11(17)15-8-5-6-8/h3,7-8,14H,1,4-6H2,2H3,(H2,13,16)(H,15,17). The zero-order valence-corrected chi connectivity index (χ0v) is 11.2. The van der Waals surface area contributed by atoms with Crippen molar-refractivity contribution in [3.63, 3.8) is 0 Å². The monoisotopic (exact) mass is 266 g/mol. The maximum absolute atomic E-state index is 12.1. The Hall–Kier alpha value is -1.56. The van der Waals surface area contributed by atoms with Gasteiger partial charge in [-0.25, -0.2) is 0 Å². The average molecular weight is 266 g/mol. The number of rotatable bonds is 6. The molecule has 1 amide bonds. The van der Waals surface area contributed by atoms with E-state index in [4.69, 9.17) is 5.73 Å². The van der Waals surface area contributed by atoms with E-state index in [0.717, 1.165) is 24.3 Å². The van der Waals surface area contributed by atoms with Gasteiger partial charge in [0.1, 0.15) is 10.6 Å². The predicted molar refractivity (Wildman–Crippen MR) is 74.9 cm³/mol. The molecule has 1 fully saturated rings. The second-order valence-corrected chi connectivity index (χ2v) is 5.36. The fourth-order valence-electron chi connectivity index (χ4n) is 1.64. The van der Waals surface area contributed by atoms with E-state index in [0.29, 0.717) is 17.4 Å². The Morgan fingerprint density at radius 2 is 2.44 bits per heavy atom. The number of nitrogens with one attached hydrogen (secondary N) is 2. The molecular formula is C12H18N4OS. The third-order valence-electron chi connectivity index (χ3n) is 2.76. The number of nitrogen functional groups attached to an aromatic ring is 1. The molecule has 98 valence electrons. The van der Waals surface area contributed by atoms with Crippen molar-refractivity contribution in [3.05, 3.63) is 18.2 Å². The van der Waals surface area contributed by atoms with Gasteiger partial charge in [0, 0.05) is 12.1 Å². The number of carbonyl (C=O) groups is 1. The quantitative estimate of drug-likeness (QED) is 0.688. The van der Waals surface area contributed by atoms with Gasteiger partial charge < -0.3 is 16.4 Å². The lowest BCUT2D eigenvalue weighted by Gasteiger charge is -2.12. The van der Waals surface area contributed by atoms with Crippen LogP contribution < -0.4 is 16.4 Å². The van der Waals surface area contributed by atoms with Gasteiger partial charge in [0.15, 0.2) is 5.82 Å². The number of nitrogens with zero attached hydrogens (tertiary/aromatic N) is 1. The number of nitrogens with two attached hydrogens (primary N) is 1. The molecule has 2 rings (SSSR count). The molecule has 0 bridgehead atoms. The summed E-state index contributed by atoms with van der Waals surface area (Å²) in [5.41, 5.74) is 6.24. The molecule has 1 saturated carbocycles. The van der Waals surface area contributed by atoms with Crippen LogP contribution in [0.1, 0.15) is 36.5 Å². The first kappa shape index (κ1) is 12.9. The molecule has 1 aliphatic carbocycles. The molecule has 0 saturated heterocycles. The van der Waals surface area contributed by atoms with Crippen molar-refractivity contribution >= 4 is 28.3 Å². The summed E-state index contributed by atoms with van der Waals surface area (Å²) in [7, 11) is 0. The second-order valence-electron chi connectivity index (χ2n) is 4.59. The average Bonchev–Trinajstić information content (AvgIpc) is 3.03. The van der Waals surface area contributed by atoms with Crippen molar-refractivity contribution in [2.75, 3.05) is 11.1 Å². The van der Waals surface area contributed by atoms with Gasteiger partial charge in [0.2, 0.25) is 0 Å². The van der Waals surface area contributed by atoms with Crippen LogP contribution >= 0.6 is 11.5 Å². The minimum absolute atomic E-state index is 0.128. The molecule has 0 aromatic carbocycles. The molecule has 1 aromatic heterocycles. The SMILES string of the molecule is C=CCC(C)Nc1snc(N)c1C(=O)NC1CC1. The van der Waals surface area contributed by atoms with Gasteiger partial charge >= 0.3 is 0 Å². The molecule has 1 aromatic rings. The van der Waals surface area contributed by atoms with Crippen LogP contribution in [0.3, 0.4) is 0 Å². The molecule has 5 nitrogen and oxygen atoms in total. The largest absolute Gasteiger partial charge is 0.382 e. The molecule has 4 N–H and O–H groups in total. The Balaban J connectivity index is 2.09. The molecule has 18 heavy (non-hydrogen) atoms. The van der Waals surface area contributed by atoms with E-state index < -0.39 is 0 Å². The summed E-state index contributed by atoms with van der Waals surface area (Å²) in [5, 5.41) is 6.92. The lowest BCUT2D eigenvalue weighted by molar-refractivity contribution is 0.0953. The van der Waals surface area contributed by atoms with Crippen molar-refractivity contribution < 1.29 is 4.79 Å². The Bertz CT molecular complexity index is 453. The lowest BCUT2D eigenvalue weighted by atomic mass is 10.2. The Kier molecular flexibility index (Phi) is 3.86. The zero-order chi connectivity index (χ0) is 13.1. The zero-order valence-electron chi connectivity index (χ0n) is 10.4. The summed E-state index contributed by atoms with van der Waals surface area (Å²) in [6.07, 6.45) is 4.77. The van der Waals surface area contributed by atoms with Gasteiger partial charge in [-0.2, -0.15) is 4.37 Å². The van der Waals surface area contributed by atoms with E-state index >= 15 is 0 Å². The van der Waals surface area contributed by atoms with Gasteiger partial charge in [-0.15, -0.1) is 6.58 Å². The lowest BCUT2D eigenvalue weighted by Crippen LogP contribution is -2.27. The summed E-state index contributed by atoms with van der Waals surface area (Å²) in [6, 6.07) is 0.519. The number of hydrogen-bond donors (Lipinski definition) is 3. The second kappa shape index (κ2) is 5.39. The first-order valence-electron chi connectivity index (χ1n) is 6.05. The van der Waals surface area contributed by atoms with Crippen LogP contribution in [-0.2, 0) is 0 Å². The molecular weight excluding hydrogens is 248 g/mol. The van der Waals surface area contributed by atoms with E-state index in [1.165, 1.54) is 11.5 Å². The first-order chi connectivity index (χ1) is 8.61. The van der Waals surface area contributed by atoms with Gasteiger partial charge in [-0.05, 0) is 37.7 Å². The summed E-state index contributed by atoms with van der Waals surface area (Å²) < 4.78 is 4.05. The Morgan fingerprint density at radius 3 is 3.06 bits per heavy atom. The van der Waals surface area contributed by atoms with Crippen LogP contribution in [-0.4, -0.2) is 22.4 Å². The highest BCUT2D eigenvalue weighted by atomic mass is 32.1. The fourth-order valence-corrected chi connectivity index (χ4v) is 2.46. The highest BCUT2D eigenvalue weighted by Crippen LogP contribution is 2.29. The number of carbonyl (C=O) groups excluding carboxylic acids is 1. The van der Waals surface area contributed by atoms with E-state index in [9.17, 15) is 4.79 Å². The van der Waals surface area contributed by atoms with E-state index in [2.05, 4.69) is 21.6 Å². The smallest absolute Gasteiger partial charge is 0.258 e. The first-order valence-corrected chi connectivity index (χ1v) is 6.82. The third kappa shape index (κ3) is 3.01. The Morgan fingerprint density at radius 1 is 1.72 bits per heavy atom. The Labute approximate surface area is 111 Å². The van der Waals surface area contributed by atoms with Gasteiger partial charge in [0.05, 0.1) is 0 Å². The normalized spacial score (nSPS) is 16.1. The van der Waals surface area contributed by atoms with Crippen LogP contribution in [0.25, 0.3) is 0 Å². The molecule has 0 radical (unpaired) electrons. The van der Waals surface area contributed by atoms with E-state index in [-0.39, 0.29) is 11.9 Å². The van der Waals surface area contributed by atoms with Gasteiger partial charge in [0.25, 0.3) is 5.91 Å². The summed E-state index contributed by atoms with van der Waals surface area (Å²) >= 11 is 1.22. The highest BCUT2D eigenvalue weighted by molar-refractivity contribution is 7.11. The number of amides is 1. The summed E-state index contributed by atoms with van der Waals surface area (Å²) in [6.45, 7) is 5.72. The number of hydrogen-bond acceptors (Lipinski definition) is 5. The molecule has 1 aliphatic rings. The van der Waals surface area contributed by atoms with Crippen LogP contribution in [0.5, 0.6) is 0 Å². The third-order valence-corrected chi connectivity index (χ3v) is 3.55. The van der Waals surface area contributed by atoms with E-state index in [1.54, 1.807) is 0 Å². The van der Waals surface area contributed by atoms with Crippen LogP contribution in [0.4, 0.5) is 10.8 Å². The predicted octanol–water partition coefficient (Wildman–Crippen LogP) is 1.99. The maximum Gasteiger partial charge on any atom is 0.258 e. The van der Waals surface area contributed by atoms with Crippen molar-refractivity contribution in [2.24, 2.45) is 0 Å². The molecule has 0 aliphatic heterocycles. The van der Waals surface area contributed by atoms with E-state index in [1.807, 2.05) is 13.0 Å². The number of anilines is 2. The van der Waals surface area contributed by atoms with Crippen LogP contribution in [0, 0.1) is 0 Å². The van der Waals surface area contributed by atoms with Crippen LogP contribution in [0.2, 0.25) is 0 Å². The number of aromatic nitrogens is 1. The van der Waals surface area contributed by atoms with Crippen molar-refractivity contribution in [3.8, 4) is 0 Å². The van der Waals surface area contributed by atoms with Crippen LogP contribution in [0.15, 0.2) is 12.7 Å². The van der Waals surface area contributed by atoms with Gasteiger partial charge in [-0.3, -0.25) is 4.79 Å². The molecule has 1 unspecified atom stereocenters. The topological polar surface area (TPSA) is 80.0 Å². The molecule has 6 heteroatoms. The maximum atomic E-state index is 12.1. The molecule has 1 heterocycles.